The number of aromatic nitrogens is 2. The smallest absolute Gasteiger partial charge is 0.151 e. The first-order chi connectivity index (χ1) is 9.74. The highest BCUT2D eigenvalue weighted by atomic mass is 35.5. The molecular formula is C16H20ClFN2. The number of hydrogen-bond donors (Lipinski definition) is 0. The van der Waals surface area contributed by atoms with Crippen molar-refractivity contribution >= 4 is 22.6 Å². The van der Waals surface area contributed by atoms with Gasteiger partial charge in [0.1, 0.15) is 11.3 Å². The van der Waals surface area contributed by atoms with Crippen LogP contribution in [0.4, 0.5) is 4.39 Å². The van der Waals surface area contributed by atoms with Crippen LogP contribution < -0.4 is 0 Å². The van der Waals surface area contributed by atoms with Crippen LogP contribution in [0.1, 0.15) is 50.9 Å². The number of nitrogens with zero attached hydrogens (tertiary/aromatic N) is 2. The van der Waals surface area contributed by atoms with Crippen molar-refractivity contribution in [1.29, 1.82) is 0 Å². The maximum Gasteiger partial charge on any atom is 0.151 e. The fourth-order valence-corrected chi connectivity index (χ4v) is 3.69. The molecule has 1 heterocycles. The second-order valence-electron chi connectivity index (χ2n) is 5.73. The van der Waals surface area contributed by atoms with E-state index in [-0.39, 0.29) is 5.82 Å². The molecule has 4 heteroatoms. The zero-order valence-electron chi connectivity index (χ0n) is 11.8. The van der Waals surface area contributed by atoms with E-state index in [9.17, 15) is 4.39 Å². The largest absolute Gasteiger partial charge is 0.324 e. The molecule has 1 saturated carbocycles. The van der Waals surface area contributed by atoms with Crippen molar-refractivity contribution in [3.8, 4) is 0 Å². The van der Waals surface area contributed by atoms with Crippen LogP contribution in [-0.2, 0) is 5.88 Å². The SMILES string of the molecule is CCC1CCCC(n2c(CCl)nc3c(F)cccc32)C1. The minimum absolute atomic E-state index is 0.254. The Kier molecular flexibility index (Phi) is 3.97. The van der Waals surface area contributed by atoms with Crippen molar-refractivity contribution < 1.29 is 4.39 Å². The van der Waals surface area contributed by atoms with Gasteiger partial charge in [-0.3, -0.25) is 0 Å². The third-order valence-corrected chi connectivity index (χ3v) is 4.80. The summed E-state index contributed by atoms with van der Waals surface area (Å²) in [6, 6.07) is 5.59. The second kappa shape index (κ2) is 5.72. The van der Waals surface area contributed by atoms with Gasteiger partial charge < -0.3 is 4.57 Å². The number of benzene rings is 1. The van der Waals surface area contributed by atoms with Gasteiger partial charge in [-0.15, -0.1) is 11.6 Å². The van der Waals surface area contributed by atoms with E-state index in [0.717, 1.165) is 30.1 Å². The second-order valence-corrected chi connectivity index (χ2v) is 6.00. The molecule has 1 aromatic carbocycles. The molecule has 1 aliphatic carbocycles. The molecule has 3 rings (SSSR count). The van der Waals surface area contributed by atoms with Gasteiger partial charge in [0.05, 0.1) is 11.4 Å². The molecule has 0 saturated heterocycles. The molecule has 0 bridgehead atoms. The van der Waals surface area contributed by atoms with Crippen molar-refractivity contribution in [1.82, 2.24) is 9.55 Å². The Balaban J connectivity index is 2.07. The average Bonchev–Trinajstić information content (AvgIpc) is 2.87. The highest BCUT2D eigenvalue weighted by molar-refractivity contribution is 6.16. The lowest BCUT2D eigenvalue weighted by atomic mass is 9.84. The molecule has 2 aromatic rings. The number of imidazole rings is 1. The number of rotatable bonds is 3. The zero-order valence-corrected chi connectivity index (χ0v) is 12.5. The Morgan fingerprint density at radius 1 is 1.40 bits per heavy atom. The van der Waals surface area contributed by atoms with E-state index in [1.807, 2.05) is 6.07 Å². The van der Waals surface area contributed by atoms with Crippen molar-refractivity contribution in [2.24, 2.45) is 5.92 Å². The summed E-state index contributed by atoms with van der Waals surface area (Å²) < 4.78 is 16.1. The fraction of sp³-hybridized carbons (Fsp3) is 0.562. The highest BCUT2D eigenvalue weighted by Crippen LogP contribution is 2.37. The van der Waals surface area contributed by atoms with Crippen LogP contribution in [0.25, 0.3) is 11.0 Å². The molecule has 1 fully saturated rings. The molecular weight excluding hydrogens is 275 g/mol. The highest BCUT2D eigenvalue weighted by Gasteiger charge is 2.26. The van der Waals surface area contributed by atoms with Gasteiger partial charge in [-0.25, -0.2) is 9.37 Å². The molecule has 0 spiro atoms. The Bertz CT molecular complexity index is 608. The van der Waals surface area contributed by atoms with Crippen molar-refractivity contribution in [3.05, 3.63) is 29.8 Å². The monoisotopic (exact) mass is 294 g/mol. The Labute approximate surface area is 123 Å². The lowest BCUT2D eigenvalue weighted by Gasteiger charge is -2.30. The molecule has 2 atom stereocenters. The number of alkyl halides is 1. The van der Waals surface area contributed by atoms with Gasteiger partial charge in [-0.1, -0.05) is 32.3 Å². The molecule has 0 amide bonds. The summed E-state index contributed by atoms with van der Waals surface area (Å²) in [7, 11) is 0. The van der Waals surface area contributed by atoms with Gasteiger partial charge in [0, 0.05) is 6.04 Å². The van der Waals surface area contributed by atoms with E-state index >= 15 is 0 Å². The van der Waals surface area contributed by atoms with Gasteiger partial charge >= 0.3 is 0 Å². The fourth-order valence-electron chi connectivity index (χ4n) is 3.50. The number of hydrogen-bond acceptors (Lipinski definition) is 1. The first-order valence-corrected chi connectivity index (χ1v) is 7.99. The minimum Gasteiger partial charge on any atom is -0.324 e. The quantitative estimate of drug-likeness (QED) is 0.724. The summed E-state index contributed by atoms with van der Waals surface area (Å²) in [4.78, 5) is 4.41. The summed E-state index contributed by atoms with van der Waals surface area (Å²) >= 11 is 6.04. The van der Waals surface area contributed by atoms with E-state index in [4.69, 9.17) is 11.6 Å². The van der Waals surface area contributed by atoms with Crippen LogP contribution in [0.3, 0.4) is 0 Å². The average molecular weight is 295 g/mol. The molecule has 0 aliphatic heterocycles. The van der Waals surface area contributed by atoms with Gasteiger partial charge in [0.25, 0.3) is 0 Å². The minimum atomic E-state index is -0.254. The Morgan fingerprint density at radius 3 is 3.00 bits per heavy atom. The Hall–Kier alpha value is -1.09. The number of halogens is 2. The maximum atomic E-state index is 13.9. The van der Waals surface area contributed by atoms with Crippen LogP contribution >= 0.6 is 11.6 Å². The standard InChI is InChI=1S/C16H20ClFN2/c1-2-11-5-3-6-12(9-11)20-14-8-4-7-13(18)16(14)19-15(20)10-17/h4,7-8,11-12H,2-3,5-6,9-10H2,1H3. The van der Waals surface area contributed by atoms with Gasteiger partial charge in [0.2, 0.25) is 0 Å². The van der Waals surface area contributed by atoms with Crippen LogP contribution in [0, 0.1) is 11.7 Å². The zero-order chi connectivity index (χ0) is 14.1. The Morgan fingerprint density at radius 2 is 2.25 bits per heavy atom. The molecule has 1 aliphatic rings. The lowest BCUT2D eigenvalue weighted by molar-refractivity contribution is 0.262. The first-order valence-electron chi connectivity index (χ1n) is 7.45. The summed E-state index contributed by atoms with van der Waals surface area (Å²) in [6.07, 6.45) is 6.06. The van der Waals surface area contributed by atoms with Crippen LogP contribution in [0.5, 0.6) is 0 Å². The van der Waals surface area contributed by atoms with Crippen molar-refractivity contribution in [3.63, 3.8) is 0 Å². The van der Waals surface area contributed by atoms with Gasteiger partial charge in [-0.05, 0) is 30.9 Å². The summed E-state index contributed by atoms with van der Waals surface area (Å²) in [5.41, 5.74) is 1.35. The van der Waals surface area contributed by atoms with Crippen molar-refractivity contribution in [2.45, 2.75) is 50.9 Å². The molecule has 20 heavy (non-hydrogen) atoms. The third kappa shape index (κ3) is 2.32. The number of para-hydroxylation sites is 1. The maximum absolute atomic E-state index is 13.9. The van der Waals surface area contributed by atoms with E-state index < -0.39 is 0 Å². The third-order valence-electron chi connectivity index (χ3n) is 4.56. The van der Waals surface area contributed by atoms with E-state index in [2.05, 4.69) is 16.5 Å². The van der Waals surface area contributed by atoms with E-state index in [1.165, 1.54) is 25.3 Å². The molecule has 0 radical (unpaired) electrons. The molecule has 2 nitrogen and oxygen atoms in total. The summed E-state index contributed by atoms with van der Waals surface area (Å²) in [6.45, 7) is 2.25. The van der Waals surface area contributed by atoms with E-state index in [0.29, 0.717) is 17.4 Å². The molecule has 108 valence electrons. The summed E-state index contributed by atoms with van der Waals surface area (Å²) in [5, 5.41) is 0. The van der Waals surface area contributed by atoms with Gasteiger partial charge in [-0.2, -0.15) is 0 Å². The molecule has 0 N–H and O–H groups in total. The topological polar surface area (TPSA) is 17.8 Å². The van der Waals surface area contributed by atoms with Gasteiger partial charge in [0.15, 0.2) is 5.82 Å². The first kappa shape index (κ1) is 13.9. The summed E-state index contributed by atoms with van der Waals surface area (Å²) in [5.74, 6) is 1.65. The normalized spacial score (nSPS) is 23.4. The van der Waals surface area contributed by atoms with Crippen LogP contribution in [0.15, 0.2) is 18.2 Å². The van der Waals surface area contributed by atoms with E-state index in [1.54, 1.807) is 6.07 Å². The predicted octanol–water partition coefficient (Wildman–Crippen LogP) is 5.06. The predicted molar refractivity (Wildman–Crippen MR) is 80.5 cm³/mol. The van der Waals surface area contributed by atoms with Crippen LogP contribution in [0.2, 0.25) is 0 Å². The molecule has 2 unspecified atom stereocenters. The number of fused-ring (bicyclic) bond motifs is 1. The van der Waals surface area contributed by atoms with Crippen molar-refractivity contribution in [2.75, 3.05) is 0 Å². The molecule has 1 aromatic heterocycles. The van der Waals surface area contributed by atoms with Crippen LogP contribution in [-0.4, -0.2) is 9.55 Å². The lowest BCUT2D eigenvalue weighted by Crippen LogP contribution is -2.20.